The molecule has 0 saturated heterocycles. The molecule has 0 aromatic rings. The van der Waals surface area contributed by atoms with Crippen molar-refractivity contribution in [1.82, 2.24) is 5.32 Å². The Labute approximate surface area is 96.7 Å². The molecule has 0 spiro atoms. The Hall–Kier alpha value is -1.10. The lowest BCUT2D eigenvalue weighted by molar-refractivity contribution is -0.122. The van der Waals surface area contributed by atoms with E-state index in [0.29, 0.717) is 6.42 Å². The number of hydrogen-bond donors (Lipinski definition) is 1. The van der Waals surface area contributed by atoms with Gasteiger partial charge >= 0.3 is 6.09 Å². The van der Waals surface area contributed by atoms with Crippen molar-refractivity contribution in [2.24, 2.45) is 11.7 Å². The number of imide groups is 1. The summed E-state index contributed by atoms with van der Waals surface area (Å²) in [5, 5.41) is 3.29. The Bertz CT molecular complexity index is 256. The van der Waals surface area contributed by atoms with Gasteiger partial charge in [0.25, 0.3) is 5.91 Å². The second-order valence-electron chi connectivity index (χ2n) is 5.17. The van der Waals surface area contributed by atoms with Gasteiger partial charge in [-0.3, -0.25) is 4.79 Å². The molecule has 0 aromatic carbocycles. The van der Waals surface area contributed by atoms with Crippen molar-refractivity contribution in [3.05, 3.63) is 0 Å². The third kappa shape index (κ3) is 7.23. The summed E-state index contributed by atoms with van der Waals surface area (Å²) in [6, 6.07) is -0.729. The molecular weight excluding hydrogens is 208 g/mol. The number of carbonyl (C=O) groups is 2. The van der Waals surface area contributed by atoms with Crippen LogP contribution in [0.4, 0.5) is 4.79 Å². The first kappa shape index (κ1) is 14.9. The molecule has 5 heteroatoms. The van der Waals surface area contributed by atoms with Crippen LogP contribution < -0.4 is 11.1 Å². The fraction of sp³-hybridized carbons (Fsp3) is 0.818. The molecule has 0 rings (SSSR count). The van der Waals surface area contributed by atoms with Crippen LogP contribution in [-0.4, -0.2) is 23.6 Å². The van der Waals surface area contributed by atoms with Crippen LogP contribution in [0.5, 0.6) is 0 Å². The van der Waals surface area contributed by atoms with Crippen LogP contribution in [0.25, 0.3) is 0 Å². The van der Waals surface area contributed by atoms with Crippen LogP contribution in [-0.2, 0) is 9.53 Å². The predicted molar refractivity (Wildman–Crippen MR) is 60.8 cm³/mol. The van der Waals surface area contributed by atoms with E-state index >= 15 is 0 Å². The molecule has 0 bridgehead atoms. The third-order valence-electron chi connectivity index (χ3n) is 1.64. The highest BCUT2D eigenvalue weighted by atomic mass is 16.6. The van der Waals surface area contributed by atoms with E-state index in [1.165, 1.54) is 0 Å². The number of rotatable bonds is 3. The van der Waals surface area contributed by atoms with Crippen molar-refractivity contribution >= 4 is 12.0 Å². The molecule has 0 aliphatic heterocycles. The van der Waals surface area contributed by atoms with E-state index < -0.39 is 23.6 Å². The molecule has 0 fully saturated rings. The van der Waals surface area contributed by atoms with Crippen LogP contribution in [0, 0.1) is 5.92 Å². The van der Waals surface area contributed by atoms with Crippen LogP contribution in [0.1, 0.15) is 41.0 Å². The molecule has 0 unspecified atom stereocenters. The highest BCUT2D eigenvalue weighted by Crippen LogP contribution is 2.08. The molecular formula is C11H21N2O3. The van der Waals surface area contributed by atoms with Gasteiger partial charge in [-0.25, -0.2) is 4.79 Å². The number of nitrogens with zero attached hydrogens (tertiary/aromatic N) is 1. The lowest BCUT2D eigenvalue weighted by atomic mass is 10.0. The van der Waals surface area contributed by atoms with Gasteiger partial charge in [0.15, 0.2) is 0 Å². The van der Waals surface area contributed by atoms with Crippen molar-refractivity contribution in [3.63, 3.8) is 0 Å². The zero-order valence-corrected chi connectivity index (χ0v) is 10.6. The highest BCUT2D eigenvalue weighted by Gasteiger charge is 2.23. The summed E-state index contributed by atoms with van der Waals surface area (Å²) in [6.45, 7) is 9.01. The van der Waals surface area contributed by atoms with E-state index in [4.69, 9.17) is 10.5 Å². The summed E-state index contributed by atoms with van der Waals surface area (Å²) in [5.41, 5.74) is 4.93. The minimum atomic E-state index is -0.878. The lowest BCUT2D eigenvalue weighted by Crippen LogP contribution is -2.41. The third-order valence-corrected chi connectivity index (χ3v) is 1.64. The first-order valence-corrected chi connectivity index (χ1v) is 5.36. The van der Waals surface area contributed by atoms with Gasteiger partial charge in [-0.1, -0.05) is 13.8 Å². The van der Waals surface area contributed by atoms with Crippen molar-refractivity contribution in [2.45, 2.75) is 52.7 Å². The summed E-state index contributed by atoms with van der Waals surface area (Å²) < 4.78 is 4.88. The summed E-state index contributed by atoms with van der Waals surface area (Å²) in [6.07, 6.45) is -0.373. The number of amides is 2. The number of nitrogens with two attached hydrogens (primary N) is 1. The van der Waals surface area contributed by atoms with Crippen molar-refractivity contribution in [3.8, 4) is 0 Å². The zero-order valence-electron chi connectivity index (χ0n) is 10.6. The standard InChI is InChI=1S/C11H21N2O3/c1-7(2)6-8(12)9(14)13-10(15)16-11(3,4)5/h7-8H,6,12H2,1-5H3/t8-/m0/s1. The van der Waals surface area contributed by atoms with Gasteiger partial charge in [0.05, 0.1) is 6.04 Å². The van der Waals surface area contributed by atoms with Gasteiger partial charge < -0.3 is 10.5 Å². The lowest BCUT2D eigenvalue weighted by Gasteiger charge is -2.19. The second kappa shape index (κ2) is 5.84. The van der Waals surface area contributed by atoms with Crippen LogP contribution >= 0.6 is 0 Å². The van der Waals surface area contributed by atoms with Gasteiger partial charge in [-0.05, 0) is 33.1 Å². The van der Waals surface area contributed by atoms with Gasteiger partial charge in [0.2, 0.25) is 0 Å². The molecule has 93 valence electrons. The van der Waals surface area contributed by atoms with E-state index in [1.54, 1.807) is 20.8 Å². The largest absolute Gasteiger partial charge is 0.442 e. The highest BCUT2D eigenvalue weighted by molar-refractivity contribution is 5.94. The quantitative estimate of drug-likeness (QED) is 0.793. The van der Waals surface area contributed by atoms with Crippen LogP contribution in [0.2, 0.25) is 0 Å². The topological polar surface area (TPSA) is 83.5 Å². The molecule has 0 aliphatic carbocycles. The SMILES string of the molecule is CC(C)C[C@H](N)C(=O)[N]C(=O)OC(C)(C)C. The van der Waals surface area contributed by atoms with E-state index in [-0.39, 0.29) is 5.92 Å². The maximum Gasteiger partial charge on any atom is 0.437 e. The monoisotopic (exact) mass is 229 g/mol. The maximum absolute atomic E-state index is 11.4. The fourth-order valence-electron chi connectivity index (χ4n) is 1.07. The zero-order chi connectivity index (χ0) is 12.9. The summed E-state index contributed by atoms with van der Waals surface area (Å²) in [4.78, 5) is 22.6. The van der Waals surface area contributed by atoms with Crippen molar-refractivity contribution in [1.29, 1.82) is 0 Å². The molecule has 0 aromatic heterocycles. The van der Waals surface area contributed by atoms with E-state index in [0.717, 1.165) is 0 Å². The fourth-order valence-corrected chi connectivity index (χ4v) is 1.07. The first-order chi connectivity index (χ1) is 7.11. The number of ether oxygens (including phenoxy) is 1. The molecule has 0 saturated carbocycles. The Balaban J connectivity index is 4.10. The van der Waals surface area contributed by atoms with Gasteiger partial charge in [0.1, 0.15) is 5.60 Å². The van der Waals surface area contributed by atoms with E-state index in [1.807, 2.05) is 13.8 Å². The van der Waals surface area contributed by atoms with Crippen LogP contribution in [0.3, 0.4) is 0 Å². The molecule has 0 aliphatic rings. The molecule has 1 radical (unpaired) electrons. The average molecular weight is 229 g/mol. The number of carbonyl (C=O) groups excluding carboxylic acids is 2. The smallest absolute Gasteiger partial charge is 0.437 e. The molecule has 2 N–H and O–H groups in total. The average Bonchev–Trinajstić information content (AvgIpc) is 1.98. The van der Waals surface area contributed by atoms with Crippen LogP contribution in [0.15, 0.2) is 0 Å². The summed E-state index contributed by atoms with van der Waals surface area (Å²) in [7, 11) is 0. The Morgan fingerprint density at radius 1 is 1.31 bits per heavy atom. The van der Waals surface area contributed by atoms with Gasteiger partial charge in [0, 0.05) is 0 Å². The Morgan fingerprint density at radius 3 is 2.19 bits per heavy atom. The molecule has 2 amide bonds. The van der Waals surface area contributed by atoms with E-state index in [2.05, 4.69) is 5.32 Å². The van der Waals surface area contributed by atoms with Gasteiger partial charge in [-0.2, -0.15) is 0 Å². The second-order valence-corrected chi connectivity index (χ2v) is 5.17. The van der Waals surface area contributed by atoms with Crippen molar-refractivity contribution in [2.75, 3.05) is 0 Å². The maximum atomic E-state index is 11.4. The molecule has 0 heterocycles. The normalized spacial score (nSPS) is 13.4. The predicted octanol–water partition coefficient (Wildman–Crippen LogP) is 1.43. The van der Waals surface area contributed by atoms with E-state index in [9.17, 15) is 9.59 Å². The Kier molecular flexibility index (Phi) is 5.44. The number of hydrogen-bond acceptors (Lipinski definition) is 4. The first-order valence-electron chi connectivity index (χ1n) is 5.36. The minimum Gasteiger partial charge on any atom is -0.442 e. The summed E-state index contributed by atoms with van der Waals surface area (Å²) >= 11 is 0. The molecule has 1 atom stereocenters. The van der Waals surface area contributed by atoms with Crippen molar-refractivity contribution < 1.29 is 14.3 Å². The van der Waals surface area contributed by atoms with Gasteiger partial charge in [-0.15, -0.1) is 5.32 Å². The molecule has 5 nitrogen and oxygen atoms in total. The summed E-state index contributed by atoms with van der Waals surface area (Å²) in [5.74, 6) is -0.337. The molecule has 16 heavy (non-hydrogen) atoms. The Morgan fingerprint density at radius 2 is 1.81 bits per heavy atom. The minimum absolute atomic E-state index is 0.285.